The van der Waals surface area contributed by atoms with Crippen molar-refractivity contribution in [3.8, 4) is 0 Å². The highest BCUT2D eigenvalue weighted by molar-refractivity contribution is 7.89. The average Bonchev–Trinajstić information content (AvgIpc) is 2.71. The number of benzene rings is 2. The third kappa shape index (κ3) is 4.45. The fourth-order valence-corrected chi connectivity index (χ4v) is 5.01. The van der Waals surface area contributed by atoms with Crippen LogP contribution in [0.5, 0.6) is 0 Å². The molecule has 1 aliphatic heterocycles. The van der Waals surface area contributed by atoms with Gasteiger partial charge in [-0.1, -0.05) is 56.3 Å². The Morgan fingerprint density at radius 2 is 1.66 bits per heavy atom. The third-order valence-corrected chi connectivity index (χ3v) is 6.85. The number of carbonyl (C=O) groups excluding carboxylic acids is 2. The van der Waals surface area contributed by atoms with Gasteiger partial charge in [0.1, 0.15) is 0 Å². The molecule has 0 saturated heterocycles. The van der Waals surface area contributed by atoms with E-state index in [1.54, 1.807) is 17.0 Å². The van der Waals surface area contributed by atoms with E-state index in [1.807, 2.05) is 56.3 Å². The lowest BCUT2D eigenvalue weighted by Crippen LogP contribution is -2.44. The van der Waals surface area contributed by atoms with Crippen molar-refractivity contribution in [1.29, 1.82) is 0 Å². The molecule has 1 unspecified atom stereocenters. The lowest BCUT2D eigenvalue weighted by atomic mass is 9.70. The molecule has 0 spiro atoms. The molecule has 2 aromatic rings. The highest BCUT2D eigenvalue weighted by Crippen LogP contribution is 2.45. The van der Waals surface area contributed by atoms with E-state index in [2.05, 4.69) is 0 Å². The molecule has 2 N–H and O–H groups in total. The smallest absolute Gasteiger partial charge is 0.238 e. The number of nitrogens with zero attached hydrogens (tertiary/aromatic N) is 1. The van der Waals surface area contributed by atoms with E-state index in [1.165, 1.54) is 12.1 Å². The molecule has 0 aromatic heterocycles. The van der Waals surface area contributed by atoms with E-state index in [0.717, 1.165) is 5.56 Å². The summed E-state index contributed by atoms with van der Waals surface area (Å²) in [6.45, 7) is 4.04. The molecule has 7 heteroatoms. The molecule has 0 radical (unpaired) electrons. The van der Waals surface area contributed by atoms with Gasteiger partial charge in [0.25, 0.3) is 0 Å². The number of hydrogen-bond acceptors (Lipinski definition) is 4. The molecule has 0 saturated carbocycles. The fourth-order valence-electron chi connectivity index (χ4n) is 4.49. The predicted molar refractivity (Wildman–Crippen MR) is 124 cm³/mol. The standard InChI is InChI=1S/C25H26N2O4S/c1-25(2)15-21-24(22(28)16-25)18(9-8-17-6-4-3-5-7-17)14-23(29)27(21)19-10-12-20(13-11-19)32(26,30)31/h3-13,18H,14-16H2,1-2H3,(H2,26,30,31)/b9-8+. The largest absolute Gasteiger partial charge is 0.294 e. The molecule has 1 aliphatic carbocycles. The topological polar surface area (TPSA) is 97.5 Å². The molecule has 6 nitrogen and oxygen atoms in total. The van der Waals surface area contributed by atoms with E-state index in [-0.39, 0.29) is 34.3 Å². The lowest BCUT2D eigenvalue weighted by Gasteiger charge is -2.42. The van der Waals surface area contributed by atoms with Crippen molar-refractivity contribution in [3.63, 3.8) is 0 Å². The van der Waals surface area contributed by atoms with Crippen LogP contribution in [0.3, 0.4) is 0 Å². The second-order valence-corrected chi connectivity index (χ2v) is 10.7. The zero-order valence-corrected chi connectivity index (χ0v) is 18.9. The summed E-state index contributed by atoms with van der Waals surface area (Å²) >= 11 is 0. The molecule has 1 amide bonds. The van der Waals surface area contributed by atoms with Crippen molar-refractivity contribution in [1.82, 2.24) is 0 Å². The number of nitrogens with two attached hydrogens (primary N) is 1. The SMILES string of the molecule is CC1(C)CC(=O)C2=C(C1)N(c1ccc(S(N)(=O)=O)cc1)C(=O)CC2/C=C/c1ccccc1. The molecule has 1 heterocycles. The maximum Gasteiger partial charge on any atom is 0.238 e. The Morgan fingerprint density at radius 1 is 1.00 bits per heavy atom. The Morgan fingerprint density at radius 3 is 2.28 bits per heavy atom. The van der Waals surface area contributed by atoms with Gasteiger partial charge in [0.05, 0.1) is 4.90 Å². The van der Waals surface area contributed by atoms with Crippen LogP contribution in [0.25, 0.3) is 6.08 Å². The number of ketones is 1. The van der Waals surface area contributed by atoms with Crippen molar-refractivity contribution in [2.24, 2.45) is 16.5 Å². The van der Waals surface area contributed by atoms with Gasteiger partial charge < -0.3 is 0 Å². The summed E-state index contributed by atoms with van der Waals surface area (Å²) in [6.07, 6.45) is 5.07. The Labute approximate surface area is 188 Å². The molecule has 1 atom stereocenters. The summed E-state index contributed by atoms with van der Waals surface area (Å²) in [4.78, 5) is 28.0. The number of sulfonamides is 1. The zero-order valence-electron chi connectivity index (χ0n) is 18.1. The minimum atomic E-state index is -3.84. The van der Waals surface area contributed by atoms with Crippen molar-refractivity contribution in [2.75, 3.05) is 4.90 Å². The van der Waals surface area contributed by atoms with Crippen molar-refractivity contribution in [2.45, 2.75) is 38.0 Å². The number of amides is 1. The van der Waals surface area contributed by atoms with Gasteiger partial charge in [-0.25, -0.2) is 13.6 Å². The maximum absolute atomic E-state index is 13.3. The van der Waals surface area contributed by atoms with Crippen molar-refractivity contribution < 1.29 is 18.0 Å². The van der Waals surface area contributed by atoms with Gasteiger partial charge >= 0.3 is 0 Å². The first-order valence-corrected chi connectivity index (χ1v) is 12.1. The summed E-state index contributed by atoms with van der Waals surface area (Å²) < 4.78 is 23.2. The first-order chi connectivity index (χ1) is 15.0. The van der Waals surface area contributed by atoms with Crippen LogP contribution in [-0.2, 0) is 19.6 Å². The van der Waals surface area contributed by atoms with E-state index in [0.29, 0.717) is 29.8 Å². The Kier molecular flexibility index (Phi) is 5.65. The molecule has 32 heavy (non-hydrogen) atoms. The second kappa shape index (κ2) is 8.15. The highest BCUT2D eigenvalue weighted by Gasteiger charge is 2.43. The van der Waals surface area contributed by atoms with Gasteiger partial charge in [0.15, 0.2) is 5.78 Å². The Hall–Kier alpha value is -3.03. The molecular weight excluding hydrogens is 424 g/mol. The van der Waals surface area contributed by atoms with Gasteiger partial charge in [-0.2, -0.15) is 0 Å². The van der Waals surface area contributed by atoms with Gasteiger partial charge in [-0.05, 0) is 41.7 Å². The predicted octanol–water partition coefficient (Wildman–Crippen LogP) is 4.04. The van der Waals surface area contributed by atoms with Crippen LogP contribution in [0, 0.1) is 11.3 Å². The third-order valence-electron chi connectivity index (χ3n) is 5.93. The number of hydrogen-bond donors (Lipinski definition) is 1. The van der Waals surface area contributed by atoms with Gasteiger partial charge in [0, 0.05) is 35.7 Å². The molecule has 0 bridgehead atoms. The zero-order chi connectivity index (χ0) is 23.1. The van der Waals surface area contributed by atoms with E-state index < -0.39 is 10.0 Å². The van der Waals surface area contributed by atoms with Gasteiger partial charge in [-0.3, -0.25) is 14.5 Å². The summed E-state index contributed by atoms with van der Waals surface area (Å²) in [5.74, 6) is -0.362. The minimum Gasteiger partial charge on any atom is -0.294 e. The first-order valence-electron chi connectivity index (χ1n) is 10.5. The second-order valence-electron chi connectivity index (χ2n) is 9.15. The number of carbonyl (C=O) groups is 2. The minimum absolute atomic E-state index is 0.0244. The average molecular weight is 451 g/mol. The maximum atomic E-state index is 13.3. The van der Waals surface area contributed by atoms with E-state index >= 15 is 0 Å². The number of rotatable bonds is 4. The van der Waals surface area contributed by atoms with Crippen LogP contribution in [0.4, 0.5) is 5.69 Å². The Bertz CT molecular complexity index is 1230. The normalized spacial score (nSPS) is 21.2. The van der Waals surface area contributed by atoms with E-state index in [4.69, 9.17) is 5.14 Å². The molecule has 2 aromatic carbocycles. The van der Waals surface area contributed by atoms with Gasteiger partial charge in [-0.15, -0.1) is 0 Å². The first kappa shape index (κ1) is 22.2. The quantitative estimate of drug-likeness (QED) is 0.760. The van der Waals surface area contributed by atoms with Crippen LogP contribution in [0.1, 0.15) is 38.7 Å². The molecule has 0 fully saturated rings. The molecule has 4 rings (SSSR count). The Balaban J connectivity index is 1.78. The van der Waals surface area contributed by atoms with Crippen LogP contribution >= 0.6 is 0 Å². The number of Topliss-reactive ketones (excluding diaryl/α,β-unsaturated/α-hetero) is 1. The summed E-state index contributed by atoms with van der Waals surface area (Å²) in [5.41, 5.74) is 2.64. The van der Waals surface area contributed by atoms with Crippen LogP contribution in [0.15, 0.2) is 76.8 Å². The van der Waals surface area contributed by atoms with Crippen molar-refractivity contribution >= 4 is 33.5 Å². The molecular formula is C25H26N2O4S. The summed E-state index contributed by atoms with van der Waals surface area (Å²) in [6, 6.07) is 15.7. The summed E-state index contributed by atoms with van der Waals surface area (Å²) in [7, 11) is -3.84. The molecule has 166 valence electrons. The van der Waals surface area contributed by atoms with Crippen LogP contribution in [0.2, 0.25) is 0 Å². The summed E-state index contributed by atoms with van der Waals surface area (Å²) in [5, 5.41) is 5.20. The van der Waals surface area contributed by atoms with Crippen LogP contribution in [-0.4, -0.2) is 20.1 Å². The number of allylic oxidation sites excluding steroid dienone is 3. The van der Waals surface area contributed by atoms with Crippen LogP contribution < -0.4 is 10.0 Å². The fraction of sp³-hybridized carbons (Fsp3) is 0.280. The van der Waals surface area contributed by atoms with Gasteiger partial charge in [0.2, 0.25) is 15.9 Å². The lowest BCUT2D eigenvalue weighted by molar-refractivity contribution is -0.121. The number of primary sulfonamides is 1. The van der Waals surface area contributed by atoms with E-state index in [9.17, 15) is 18.0 Å². The highest BCUT2D eigenvalue weighted by atomic mass is 32.2. The van der Waals surface area contributed by atoms with Crippen molar-refractivity contribution in [3.05, 3.63) is 77.5 Å². The number of anilines is 1. The molecule has 2 aliphatic rings. The monoisotopic (exact) mass is 450 g/mol.